The Morgan fingerprint density at radius 1 is 1.28 bits per heavy atom. The highest BCUT2D eigenvalue weighted by Crippen LogP contribution is 2.72. The van der Waals surface area contributed by atoms with E-state index < -0.39 is 0 Å². The first-order valence-corrected chi connectivity index (χ1v) is 8.35. The highest BCUT2D eigenvalue weighted by molar-refractivity contribution is 8.04. The van der Waals surface area contributed by atoms with E-state index in [4.69, 9.17) is 0 Å². The molecule has 0 amide bonds. The normalized spacial score (nSPS) is 53.8. The third kappa shape index (κ3) is 1.46. The van der Waals surface area contributed by atoms with Crippen LogP contribution in [0.3, 0.4) is 0 Å². The van der Waals surface area contributed by atoms with Gasteiger partial charge in [-0.2, -0.15) is 5.26 Å². The molecule has 4 saturated carbocycles. The second-order valence-corrected chi connectivity index (χ2v) is 8.78. The Hall–Kier alpha value is -0.160. The second-order valence-electron chi connectivity index (χ2n) is 7.85. The van der Waals surface area contributed by atoms with Gasteiger partial charge in [0.1, 0.15) is 5.40 Å². The molecule has 4 fully saturated rings. The van der Waals surface area contributed by atoms with E-state index in [0.29, 0.717) is 16.1 Å². The van der Waals surface area contributed by atoms with Crippen LogP contribution in [0.15, 0.2) is 0 Å². The van der Waals surface area contributed by atoms with E-state index in [-0.39, 0.29) is 0 Å². The number of fused-ring (bicyclic) bond motifs is 1. The first kappa shape index (κ1) is 12.9. The van der Waals surface area contributed by atoms with Crippen molar-refractivity contribution in [2.24, 2.45) is 34.5 Å². The Bertz CT molecular complexity index is 398. The van der Waals surface area contributed by atoms with Gasteiger partial charge in [0.15, 0.2) is 0 Å². The molecule has 0 aliphatic heterocycles. The van der Waals surface area contributed by atoms with E-state index >= 15 is 0 Å². The zero-order valence-electron chi connectivity index (χ0n) is 12.1. The molecule has 0 spiro atoms. The maximum absolute atomic E-state index is 9.19. The lowest BCUT2D eigenvalue weighted by Crippen LogP contribution is -2.57. The van der Waals surface area contributed by atoms with Gasteiger partial charge < -0.3 is 0 Å². The molecule has 0 aromatic rings. The lowest BCUT2D eigenvalue weighted by Gasteiger charge is -2.61. The minimum absolute atomic E-state index is 0.448. The Kier molecular flexibility index (Phi) is 2.80. The lowest BCUT2D eigenvalue weighted by atomic mass is 9.47. The molecule has 2 heteroatoms. The Balaban J connectivity index is 2.00. The molecule has 1 nitrogen and oxygen atoms in total. The van der Waals surface area contributed by atoms with Crippen molar-refractivity contribution in [1.29, 1.82) is 5.26 Å². The predicted molar refractivity (Wildman–Crippen MR) is 77.0 cm³/mol. The van der Waals surface area contributed by atoms with E-state index in [2.05, 4.69) is 33.1 Å². The van der Waals surface area contributed by atoms with E-state index in [1.54, 1.807) is 11.8 Å². The third-order valence-electron chi connectivity index (χ3n) is 6.71. The summed E-state index contributed by atoms with van der Waals surface area (Å²) in [5.41, 5.74) is 1.04. The average molecular weight is 263 g/mol. The van der Waals surface area contributed by atoms with Gasteiger partial charge >= 0.3 is 0 Å². The fourth-order valence-electron chi connectivity index (χ4n) is 5.84. The maximum atomic E-state index is 9.19. The Morgan fingerprint density at radius 3 is 2.61 bits per heavy atom. The fraction of sp³-hybridized carbons (Fsp3) is 0.938. The van der Waals surface area contributed by atoms with Gasteiger partial charge in [0.05, 0.1) is 0 Å². The molecule has 3 unspecified atom stereocenters. The Labute approximate surface area is 116 Å². The number of hydrogen-bond donors (Lipinski definition) is 0. The summed E-state index contributed by atoms with van der Waals surface area (Å²) in [4.78, 5) is 0. The SMILES string of the molecule is CC(C)C1CC2[C@@]3(C)CC[C@]2(C)[C@H](SC#N)C1C3. The molecule has 4 aliphatic rings. The Morgan fingerprint density at radius 2 is 2.00 bits per heavy atom. The largest absolute Gasteiger partial charge is 0.185 e. The summed E-state index contributed by atoms with van der Waals surface area (Å²) in [7, 11) is 0. The van der Waals surface area contributed by atoms with Crippen LogP contribution in [-0.4, -0.2) is 5.25 Å². The molecule has 0 heterocycles. The van der Waals surface area contributed by atoms with Crippen molar-refractivity contribution < 1.29 is 0 Å². The van der Waals surface area contributed by atoms with Crippen molar-refractivity contribution in [2.45, 2.75) is 58.6 Å². The van der Waals surface area contributed by atoms with E-state index in [9.17, 15) is 5.26 Å². The second kappa shape index (κ2) is 3.92. The van der Waals surface area contributed by atoms with Crippen LogP contribution in [0.2, 0.25) is 0 Å². The maximum Gasteiger partial charge on any atom is 0.133 e. The summed E-state index contributed by atoms with van der Waals surface area (Å²) < 4.78 is 0. The van der Waals surface area contributed by atoms with Crippen LogP contribution in [0.25, 0.3) is 0 Å². The van der Waals surface area contributed by atoms with Gasteiger partial charge in [-0.15, -0.1) is 0 Å². The van der Waals surface area contributed by atoms with E-state index in [0.717, 1.165) is 23.7 Å². The zero-order chi connectivity index (χ0) is 13.1. The van der Waals surface area contributed by atoms with Gasteiger partial charge in [-0.05, 0) is 71.9 Å². The van der Waals surface area contributed by atoms with Crippen LogP contribution in [0.4, 0.5) is 0 Å². The van der Waals surface area contributed by atoms with Crippen LogP contribution >= 0.6 is 11.8 Å². The molecule has 4 rings (SSSR count). The third-order valence-corrected chi connectivity index (χ3v) is 7.95. The molecule has 0 radical (unpaired) electrons. The number of hydrogen-bond acceptors (Lipinski definition) is 2. The quantitative estimate of drug-likeness (QED) is 0.675. The topological polar surface area (TPSA) is 23.8 Å². The molecule has 0 aromatic heterocycles. The summed E-state index contributed by atoms with van der Waals surface area (Å²) in [5, 5.41) is 12.2. The molecule has 4 bridgehead atoms. The predicted octanol–water partition coefficient (Wildman–Crippen LogP) is 4.69. The number of nitriles is 1. The lowest BCUT2D eigenvalue weighted by molar-refractivity contribution is -0.0757. The van der Waals surface area contributed by atoms with Crippen molar-refractivity contribution in [2.75, 3.05) is 0 Å². The number of nitrogens with zero attached hydrogens (tertiary/aromatic N) is 1. The molecule has 0 N–H and O–H groups in total. The molecular formula is C16H25NS. The van der Waals surface area contributed by atoms with Gasteiger partial charge in [0, 0.05) is 5.25 Å². The summed E-state index contributed by atoms with van der Waals surface area (Å²) in [6.45, 7) is 9.78. The van der Waals surface area contributed by atoms with E-state index in [1.165, 1.54) is 25.7 Å². The minimum atomic E-state index is 0.448. The van der Waals surface area contributed by atoms with Crippen LogP contribution in [0.5, 0.6) is 0 Å². The number of thiocyanates is 1. The van der Waals surface area contributed by atoms with E-state index in [1.807, 2.05) is 0 Å². The number of rotatable bonds is 2. The molecule has 0 saturated heterocycles. The van der Waals surface area contributed by atoms with Gasteiger partial charge in [-0.25, -0.2) is 0 Å². The summed E-state index contributed by atoms with van der Waals surface area (Å²) in [6.07, 6.45) is 5.57. The van der Waals surface area contributed by atoms with Gasteiger partial charge in [0.2, 0.25) is 0 Å². The molecular weight excluding hydrogens is 238 g/mol. The van der Waals surface area contributed by atoms with Crippen LogP contribution in [-0.2, 0) is 0 Å². The first-order valence-electron chi connectivity index (χ1n) is 7.47. The average Bonchev–Trinajstić information content (AvgIpc) is 2.52. The van der Waals surface area contributed by atoms with Crippen molar-refractivity contribution in [3.8, 4) is 5.40 Å². The van der Waals surface area contributed by atoms with Crippen molar-refractivity contribution in [3.05, 3.63) is 0 Å². The van der Waals surface area contributed by atoms with Gasteiger partial charge in [0.25, 0.3) is 0 Å². The van der Waals surface area contributed by atoms with Crippen molar-refractivity contribution >= 4 is 11.8 Å². The van der Waals surface area contributed by atoms with Crippen LogP contribution in [0, 0.1) is 45.2 Å². The molecule has 6 atom stereocenters. The van der Waals surface area contributed by atoms with Gasteiger partial charge in [-0.3, -0.25) is 0 Å². The highest BCUT2D eigenvalue weighted by atomic mass is 32.2. The minimum Gasteiger partial charge on any atom is -0.185 e. The number of thioether (sulfide) groups is 1. The van der Waals surface area contributed by atoms with Crippen molar-refractivity contribution in [1.82, 2.24) is 0 Å². The van der Waals surface area contributed by atoms with Crippen LogP contribution in [0.1, 0.15) is 53.4 Å². The molecule has 100 valence electrons. The van der Waals surface area contributed by atoms with Crippen LogP contribution < -0.4 is 0 Å². The smallest absolute Gasteiger partial charge is 0.133 e. The summed E-state index contributed by atoms with van der Waals surface area (Å²) in [6, 6.07) is 0. The fourth-order valence-corrected chi connectivity index (χ4v) is 6.98. The zero-order valence-corrected chi connectivity index (χ0v) is 12.9. The molecule has 0 aromatic carbocycles. The monoisotopic (exact) mass is 263 g/mol. The molecule has 18 heavy (non-hydrogen) atoms. The highest BCUT2D eigenvalue weighted by Gasteiger charge is 2.66. The summed E-state index contributed by atoms with van der Waals surface area (Å²) >= 11 is 1.60. The van der Waals surface area contributed by atoms with Gasteiger partial charge in [-0.1, -0.05) is 27.7 Å². The molecule has 4 aliphatic carbocycles. The first-order chi connectivity index (χ1) is 8.42. The standard InChI is InChI=1S/C16H25NS/c1-10(2)11-7-13-15(3)5-6-16(13,4)14(18-9-17)12(11)8-15/h10-14H,5-8H2,1-4H3/t11?,12?,13?,14-,15+,16+/m1/s1. The summed E-state index contributed by atoms with van der Waals surface area (Å²) in [5.74, 6) is 3.30. The van der Waals surface area contributed by atoms with Crippen molar-refractivity contribution in [3.63, 3.8) is 0 Å².